The van der Waals surface area contributed by atoms with Crippen molar-refractivity contribution in [1.82, 2.24) is 4.98 Å². The van der Waals surface area contributed by atoms with Crippen molar-refractivity contribution in [3.05, 3.63) is 90.1 Å². The van der Waals surface area contributed by atoms with E-state index in [0.717, 1.165) is 16.8 Å². The van der Waals surface area contributed by atoms with Gasteiger partial charge >= 0.3 is 6.09 Å². The predicted molar refractivity (Wildman–Crippen MR) is 94.1 cm³/mol. The van der Waals surface area contributed by atoms with Gasteiger partial charge in [-0.2, -0.15) is 0 Å². The van der Waals surface area contributed by atoms with Crippen LogP contribution in [0, 0.1) is 0 Å². The molecule has 0 aliphatic carbocycles. The summed E-state index contributed by atoms with van der Waals surface area (Å²) in [5.74, 6) is 0.434. The number of aliphatic imine (C=N–C) groups is 1. The molecule has 3 rings (SSSR count). The standard InChI is InChI=1S/C19H15N3O2/c23-19(24)21-16-11-12-20-17(13-16)22-18(14-7-3-1-4-8-14)15-9-5-2-6-10-15/h1-13H,(H,20,21)(H,23,24). The summed E-state index contributed by atoms with van der Waals surface area (Å²) < 4.78 is 0. The van der Waals surface area contributed by atoms with Gasteiger partial charge in [0.2, 0.25) is 0 Å². The van der Waals surface area contributed by atoms with Crippen LogP contribution < -0.4 is 5.32 Å². The second-order valence-electron chi connectivity index (χ2n) is 5.03. The van der Waals surface area contributed by atoms with E-state index in [4.69, 9.17) is 5.11 Å². The van der Waals surface area contributed by atoms with Gasteiger partial charge in [0.1, 0.15) is 0 Å². The highest BCUT2D eigenvalue weighted by molar-refractivity contribution is 6.13. The molecule has 0 spiro atoms. The molecule has 1 heterocycles. The molecule has 1 aromatic heterocycles. The molecule has 3 aromatic rings. The Morgan fingerprint density at radius 2 is 1.50 bits per heavy atom. The van der Waals surface area contributed by atoms with E-state index in [0.29, 0.717) is 11.5 Å². The molecular weight excluding hydrogens is 302 g/mol. The van der Waals surface area contributed by atoms with Crippen LogP contribution >= 0.6 is 0 Å². The van der Waals surface area contributed by atoms with Crippen molar-refractivity contribution in [1.29, 1.82) is 0 Å². The number of aromatic nitrogens is 1. The molecule has 0 aliphatic heterocycles. The lowest BCUT2D eigenvalue weighted by Gasteiger charge is -2.08. The number of pyridine rings is 1. The van der Waals surface area contributed by atoms with Crippen LogP contribution in [0.2, 0.25) is 0 Å². The third-order valence-electron chi connectivity index (χ3n) is 3.32. The van der Waals surface area contributed by atoms with Crippen molar-refractivity contribution in [2.75, 3.05) is 5.32 Å². The number of carbonyl (C=O) groups is 1. The summed E-state index contributed by atoms with van der Waals surface area (Å²) in [6.07, 6.45) is 0.403. The molecule has 0 bridgehead atoms. The fourth-order valence-electron chi connectivity index (χ4n) is 2.28. The maximum absolute atomic E-state index is 10.8. The fourth-order valence-corrected chi connectivity index (χ4v) is 2.28. The first kappa shape index (κ1) is 15.4. The van der Waals surface area contributed by atoms with Crippen molar-refractivity contribution < 1.29 is 9.90 Å². The predicted octanol–water partition coefficient (Wildman–Crippen LogP) is 4.34. The highest BCUT2D eigenvalue weighted by Crippen LogP contribution is 2.19. The molecule has 2 aromatic carbocycles. The average Bonchev–Trinajstić information content (AvgIpc) is 2.61. The Balaban J connectivity index is 2.06. The summed E-state index contributed by atoms with van der Waals surface area (Å²) in [5.41, 5.74) is 3.12. The molecule has 5 heteroatoms. The quantitative estimate of drug-likeness (QED) is 0.703. The maximum atomic E-state index is 10.8. The number of nitrogens with one attached hydrogen (secondary N) is 1. The second-order valence-corrected chi connectivity index (χ2v) is 5.03. The molecule has 0 radical (unpaired) electrons. The summed E-state index contributed by atoms with van der Waals surface area (Å²) in [6.45, 7) is 0. The molecular formula is C19H15N3O2. The SMILES string of the molecule is O=C(O)Nc1ccnc(N=C(c2ccccc2)c2ccccc2)c1. The minimum atomic E-state index is -1.12. The lowest BCUT2D eigenvalue weighted by molar-refractivity contribution is 0.210. The van der Waals surface area contributed by atoms with Gasteiger partial charge in [-0.15, -0.1) is 0 Å². The van der Waals surface area contributed by atoms with Crippen LogP contribution in [0.15, 0.2) is 84.0 Å². The van der Waals surface area contributed by atoms with Crippen molar-refractivity contribution in [3.63, 3.8) is 0 Å². The molecule has 0 atom stereocenters. The number of hydrogen-bond acceptors (Lipinski definition) is 3. The Kier molecular flexibility index (Phi) is 4.62. The first-order valence-corrected chi connectivity index (χ1v) is 7.38. The average molecular weight is 317 g/mol. The van der Waals surface area contributed by atoms with Crippen LogP contribution in [0.3, 0.4) is 0 Å². The smallest absolute Gasteiger partial charge is 0.409 e. The molecule has 5 nitrogen and oxygen atoms in total. The fraction of sp³-hybridized carbons (Fsp3) is 0. The number of hydrogen-bond donors (Lipinski definition) is 2. The van der Waals surface area contributed by atoms with E-state index in [2.05, 4.69) is 15.3 Å². The Morgan fingerprint density at radius 3 is 2.04 bits per heavy atom. The number of nitrogens with zero attached hydrogens (tertiary/aromatic N) is 2. The zero-order valence-corrected chi connectivity index (χ0v) is 12.8. The third-order valence-corrected chi connectivity index (χ3v) is 3.32. The van der Waals surface area contributed by atoms with E-state index < -0.39 is 6.09 Å². The second kappa shape index (κ2) is 7.19. The molecule has 1 amide bonds. The van der Waals surface area contributed by atoms with Crippen LogP contribution in [0.4, 0.5) is 16.3 Å². The molecule has 118 valence electrons. The van der Waals surface area contributed by atoms with E-state index in [1.54, 1.807) is 12.1 Å². The first-order chi connectivity index (χ1) is 11.7. The van der Waals surface area contributed by atoms with Gasteiger partial charge in [0, 0.05) is 29.1 Å². The number of carboxylic acid groups (broad SMARTS) is 1. The minimum Gasteiger partial charge on any atom is -0.465 e. The van der Waals surface area contributed by atoms with Gasteiger partial charge in [0.05, 0.1) is 5.71 Å². The van der Waals surface area contributed by atoms with Gasteiger partial charge in [0.25, 0.3) is 0 Å². The monoisotopic (exact) mass is 317 g/mol. The van der Waals surface area contributed by atoms with Gasteiger partial charge in [-0.3, -0.25) is 5.32 Å². The van der Waals surface area contributed by atoms with Crippen LogP contribution in [-0.2, 0) is 0 Å². The number of rotatable bonds is 4. The summed E-state index contributed by atoms with van der Waals surface area (Å²) >= 11 is 0. The lowest BCUT2D eigenvalue weighted by atomic mass is 10.0. The largest absolute Gasteiger partial charge is 0.465 e. The lowest BCUT2D eigenvalue weighted by Crippen LogP contribution is -2.07. The highest BCUT2D eigenvalue weighted by atomic mass is 16.4. The zero-order valence-electron chi connectivity index (χ0n) is 12.8. The van der Waals surface area contributed by atoms with Gasteiger partial charge in [-0.25, -0.2) is 14.8 Å². The molecule has 24 heavy (non-hydrogen) atoms. The van der Waals surface area contributed by atoms with Gasteiger partial charge in [-0.1, -0.05) is 60.7 Å². The molecule has 0 saturated carbocycles. The normalized spacial score (nSPS) is 10.0. The van der Waals surface area contributed by atoms with Crippen LogP contribution in [0.5, 0.6) is 0 Å². The summed E-state index contributed by atoms with van der Waals surface area (Å²) in [7, 11) is 0. The van der Waals surface area contributed by atoms with Crippen molar-refractivity contribution >= 4 is 23.3 Å². The molecule has 0 saturated heterocycles. The first-order valence-electron chi connectivity index (χ1n) is 7.38. The topological polar surface area (TPSA) is 74.6 Å². The van der Waals surface area contributed by atoms with Crippen molar-refractivity contribution in [3.8, 4) is 0 Å². The molecule has 2 N–H and O–H groups in total. The third kappa shape index (κ3) is 3.84. The van der Waals surface area contributed by atoms with E-state index in [-0.39, 0.29) is 0 Å². The highest BCUT2D eigenvalue weighted by Gasteiger charge is 2.08. The molecule has 0 fully saturated rings. The summed E-state index contributed by atoms with van der Waals surface area (Å²) in [6, 6.07) is 22.8. The minimum absolute atomic E-state index is 0.428. The van der Waals surface area contributed by atoms with Gasteiger partial charge in [0.15, 0.2) is 5.82 Å². The Morgan fingerprint density at radius 1 is 0.917 bits per heavy atom. The summed E-state index contributed by atoms with van der Waals surface area (Å²) in [5, 5.41) is 11.1. The zero-order chi connectivity index (χ0) is 16.8. The molecule has 0 aliphatic rings. The van der Waals surface area contributed by atoms with Crippen LogP contribution in [0.25, 0.3) is 0 Å². The van der Waals surface area contributed by atoms with E-state index in [9.17, 15) is 4.79 Å². The van der Waals surface area contributed by atoms with E-state index in [1.165, 1.54) is 6.20 Å². The van der Waals surface area contributed by atoms with Crippen molar-refractivity contribution in [2.24, 2.45) is 4.99 Å². The Hall–Kier alpha value is -3.47. The molecule has 0 unspecified atom stereocenters. The number of amides is 1. The van der Waals surface area contributed by atoms with E-state index in [1.807, 2.05) is 60.7 Å². The number of benzene rings is 2. The Bertz CT molecular complexity index is 821. The maximum Gasteiger partial charge on any atom is 0.409 e. The van der Waals surface area contributed by atoms with Crippen LogP contribution in [0.1, 0.15) is 11.1 Å². The van der Waals surface area contributed by atoms with E-state index >= 15 is 0 Å². The van der Waals surface area contributed by atoms with Gasteiger partial charge < -0.3 is 5.11 Å². The Labute approximate surface area is 139 Å². The summed E-state index contributed by atoms with van der Waals surface area (Å²) in [4.78, 5) is 19.6. The van der Waals surface area contributed by atoms with Gasteiger partial charge in [-0.05, 0) is 6.07 Å². The van der Waals surface area contributed by atoms with Crippen molar-refractivity contribution in [2.45, 2.75) is 0 Å². The van der Waals surface area contributed by atoms with Crippen LogP contribution in [-0.4, -0.2) is 21.9 Å². The number of anilines is 1.